The Kier molecular flexibility index (Phi) is 6.88. The van der Waals surface area contributed by atoms with Gasteiger partial charge in [-0.15, -0.1) is 0 Å². The minimum atomic E-state index is -4.37. The average molecular weight is 495 g/mol. The first-order chi connectivity index (χ1) is 16.8. The summed E-state index contributed by atoms with van der Waals surface area (Å²) < 4.78 is 53.2. The maximum Gasteiger partial charge on any atom is 0.265 e. The zero-order valence-electron chi connectivity index (χ0n) is 19.1. The van der Waals surface area contributed by atoms with Gasteiger partial charge in [0.1, 0.15) is 12.4 Å². The first-order valence-corrected chi connectivity index (χ1v) is 12.1. The molecule has 7 nitrogen and oxygen atoms in total. The largest absolute Gasteiger partial charge is 0.493 e. The normalized spacial score (nSPS) is 11.2. The number of nitrogens with zero attached hydrogens (tertiary/aromatic N) is 1. The van der Waals surface area contributed by atoms with Crippen molar-refractivity contribution in [2.75, 3.05) is 30.4 Å². The average Bonchev–Trinajstić information content (AvgIpc) is 2.87. The Balaban J connectivity index is 1.72. The molecule has 0 bridgehead atoms. The standard InChI is InChI=1S/C26H23FN2O5S/c1-33-24-15-14-19(16-25(24)34-2)35(31,32)29(23-13-6-5-11-21(23)27)17-26(30)28-22-12-7-9-18-8-3-4-10-20(18)22/h3-16H,17H2,1-2H3,(H,28,30). The number of rotatable bonds is 8. The van der Waals surface area contributed by atoms with Gasteiger partial charge in [-0.2, -0.15) is 0 Å². The lowest BCUT2D eigenvalue weighted by Gasteiger charge is -2.25. The van der Waals surface area contributed by atoms with Gasteiger partial charge in [0.05, 0.1) is 24.8 Å². The predicted molar refractivity (Wildman–Crippen MR) is 133 cm³/mol. The van der Waals surface area contributed by atoms with Crippen molar-refractivity contribution in [1.82, 2.24) is 0 Å². The van der Waals surface area contributed by atoms with Crippen molar-refractivity contribution in [3.05, 3.63) is 90.7 Å². The number of hydrogen-bond donors (Lipinski definition) is 1. The molecule has 9 heteroatoms. The Morgan fingerprint density at radius 1 is 0.886 bits per heavy atom. The van der Waals surface area contributed by atoms with Crippen LogP contribution in [0.4, 0.5) is 15.8 Å². The lowest BCUT2D eigenvalue weighted by Crippen LogP contribution is -2.38. The number of hydrogen-bond acceptors (Lipinski definition) is 5. The Bertz CT molecular complexity index is 1490. The molecule has 0 fully saturated rings. The molecular formula is C26H23FN2O5S. The number of carbonyl (C=O) groups excluding carboxylic acids is 1. The first-order valence-electron chi connectivity index (χ1n) is 10.6. The molecule has 1 amide bonds. The number of halogens is 1. The third-order valence-corrected chi connectivity index (χ3v) is 7.17. The number of para-hydroxylation sites is 1. The summed E-state index contributed by atoms with van der Waals surface area (Å²) >= 11 is 0. The molecule has 0 heterocycles. The van der Waals surface area contributed by atoms with Gasteiger partial charge in [-0.3, -0.25) is 9.10 Å². The summed E-state index contributed by atoms with van der Waals surface area (Å²) in [6.45, 7) is -0.652. The number of carbonyl (C=O) groups is 1. The minimum Gasteiger partial charge on any atom is -0.493 e. The molecule has 0 aliphatic rings. The lowest BCUT2D eigenvalue weighted by molar-refractivity contribution is -0.114. The molecule has 4 aromatic carbocycles. The van der Waals surface area contributed by atoms with E-state index in [0.717, 1.165) is 21.1 Å². The van der Waals surface area contributed by atoms with E-state index in [-0.39, 0.29) is 16.3 Å². The summed E-state index contributed by atoms with van der Waals surface area (Å²) in [6.07, 6.45) is 0. The van der Waals surface area contributed by atoms with E-state index in [1.54, 1.807) is 12.1 Å². The Hall–Kier alpha value is -4.11. The van der Waals surface area contributed by atoms with Crippen LogP contribution in [-0.2, 0) is 14.8 Å². The highest BCUT2D eigenvalue weighted by atomic mass is 32.2. The van der Waals surface area contributed by atoms with Crippen molar-refractivity contribution in [2.45, 2.75) is 4.90 Å². The van der Waals surface area contributed by atoms with Gasteiger partial charge in [-0.05, 0) is 35.7 Å². The number of anilines is 2. The molecule has 0 atom stereocenters. The second-order valence-electron chi connectivity index (χ2n) is 7.55. The molecule has 0 spiro atoms. The van der Waals surface area contributed by atoms with Gasteiger partial charge in [0.2, 0.25) is 5.91 Å². The second kappa shape index (κ2) is 10.0. The van der Waals surface area contributed by atoms with Crippen molar-refractivity contribution in [3.8, 4) is 11.5 Å². The molecule has 0 aliphatic carbocycles. The highest BCUT2D eigenvalue weighted by molar-refractivity contribution is 7.92. The van der Waals surface area contributed by atoms with E-state index in [4.69, 9.17) is 9.47 Å². The molecular weight excluding hydrogens is 471 g/mol. The van der Waals surface area contributed by atoms with Crippen LogP contribution in [0.15, 0.2) is 89.8 Å². The van der Waals surface area contributed by atoms with Crippen LogP contribution in [0.25, 0.3) is 10.8 Å². The zero-order valence-corrected chi connectivity index (χ0v) is 19.9. The number of nitrogens with one attached hydrogen (secondary N) is 1. The molecule has 0 aliphatic heterocycles. The van der Waals surface area contributed by atoms with E-state index in [0.29, 0.717) is 11.4 Å². The Morgan fingerprint density at radius 2 is 1.57 bits per heavy atom. The smallest absolute Gasteiger partial charge is 0.265 e. The molecule has 1 N–H and O–H groups in total. The monoisotopic (exact) mass is 494 g/mol. The van der Waals surface area contributed by atoms with Crippen molar-refractivity contribution >= 4 is 38.1 Å². The van der Waals surface area contributed by atoms with Crippen molar-refractivity contribution in [3.63, 3.8) is 0 Å². The van der Waals surface area contributed by atoms with E-state index in [2.05, 4.69) is 5.32 Å². The number of benzene rings is 4. The number of sulfonamides is 1. The molecule has 35 heavy (non-hydrogen) atoms. The Morgan fingerprint density at radius 3 is 2.31 bits per heavy atom. The molecule has 4 aromatic rings. The fourth-order valence-electron chi connectivity index (χ4n) is 3.71. The third-order valence-electron chi connectivity index (χ3n) is 5.42. The summed E-state index contributed by atoms with van der Waals surface area (Å²) in [5.74, 6) is -0.900. The number of fused-ring (bicyclic) bond motifs is 1. The summed E-state index contributed by atoms with van der Waals surface area (Å²) in [5, 5.41) is 4.46. The van der Waals surface area contributed by atoms with Crippen LogP contribution in [0.5, 0.6) is 11.5 Å². The number of ether oxygens (including phenoxy) is 2. The summed E-state index contributed by atoms with van der Waals surface area (Å²) in [7, 11) is -1.57. The fourth-order valence-corrected chi connectivity index (χ4v) is 5.16. The zero-order chi connectivity index (χ0) is 25.0. The molecule has 0 saturated heterocycles. The van der Waals surface area contributed by atoms with Gasteiger partial charge in [0.15, 0.2) is 11.5 Å². The van der Waals surface area contributed by atoms with Crippen LogP contribution in [-0.4, -0.2) is 35.1 Å². The van der Waals surface area contributed by atoms with Gasteiger partial charge in [0.25, 0.3) is 10.0 Å². The first kappa shape index (κ1) is 24.0. The Labute approximate surface area is 202 Å². The maximum atomic E-state index is 14.8. The quantitative estimate of drug-likeness (QED) is 0.379. The van der Waals surface area contributed by atoms with Crippen molar-refractivity contribution in [2.24, 2.45) is 0 Å². The lowest BCUT2D eigenvalue weighted by atomic mass is 10.1. The van der Waals surface area contributed by atoms with Gasteiger partial charge < -0.3 is 14.8 Å². The van der Waals surface area contributed by atoms with E-state index < -0.39 is 28.3 Å². The van der Waals surface area contributed by atoms with E-state index in [1.165, 1.54) is 50.6 Å². The van der Waals surface area contributed by atoms with Crippen molar-refractivity contribution < 1.29 is 27.1 Å². The minimum absolute atomic E-state index is 0.183. The topological polar surface area (TPSA) is 84.9 Å². The predicted octanol–water partition coefficient (Wildman–Crippen LogP) is 4.83. The second-order valence-corrected chi connectivity index (χ2v) is 9.42. The van der Waals surface area contributed by atoms with Crippen LogP contribution in [0, 0.1) is 5.82 Å². The summed E-state index contributed by atoms with van der Waals surface area (Å²) in [6, 6.07) is 22.3. The highest BCUT2D eigenvalue weighted by Gasteiger charge is 2.30. The molecule has 0 saturated carbocycles. The third kappa shape index (κ3) is 4.90. The summed E-state index contributed by atoms with van der Waals surface area (Å²) in [4.78, 5) is 12.9. The summed E-state index contributed by atoms with van der Waals surface area (Å²) in [5.41, 5.74) is 0.264. The van der Waals surface area contributed by atoms with Crippen molar-refractivity contribution in [1.29, 1.82) is 0 Å². The van der Waals surface area contributed by atoms with Crippen LogP contribution in [0.1, 0.15) is 0 Å². The number of amides is 1. The van der Waals surface area contributed by atoms with Crippen LogP contribution < -0.4 is 19.1 Å². The van der Waals surface area contributed by atoms with E-state index in [1.807, 2.05) is 30.3 Å². The van der Waals surface area contributed by atoms with Gasteiger partial charge in [-0.25, -0.2) is 12.8 Å². The van der Waals surface area contributed by atoms with E-state index in [9.17, 15) is 17.6 Å². The van der Waals surface area contributed by atoms with Crippen LogP contribution in [0.2, 0.25) is 0 Å². The molecule has 0 unspecified atom stereocenters. The molecule has 0 aromatic heterocycles. The fraction of sp³-hybridized carbons (Fsp3) is 0.115. The highest BCUT2D eigenvalue weighted by Crippen LogP contribution is 2.33. The number of methoxy groups -OCH3 is 2. The van der Waals surface area contributed by atoms with Crippen LogP contribution >= 0.6 is 0 Å². The SMILES string of the molecule is COc1ccc(S(=O)(=O)N(CC(=O)Nc2cccc3ccccc23)c2ccccc2F)cc1OC. The molecule has 180 valence electrons. The van der Waals surface area contributed by atoms with Gasteiger partial charge in [0, 0.05) is 17.1 Å². The van der Waals surface area contributed by atoms with Gasteiger partial charge in [-0.1, -0.05) is 48.5 Å². The molecule has 0 radical (unpaired) electrons. The van der Waals surface area contributed by atoms with E-state index >= 15 is 0 Å². The molecule has 4 rings (SSSR count). The maximum absolute atomic E-state index is 14.8. The van der Waals surface area contributed by atoms with Crippen LogP contribution in [0.3, 0.4) is 0 Å². The van der Waals surface area contributed by atoms with Gasteiger partial charge >= 0.3 is 0 Å².